The number of halogens is 1. The number of benzene rings is 1. The van der Waals surface area contributed by atoms with Crippen LogP contribution in [-0.4, -0.2) is 59.9 Å². The topological polar surface area (TPSA) is 80.5 Å². The summed E-state index contributed by atoms with van der Waals surface area (Å²) >= 11 is 7.08. The normalized spacial score (nSPS) is 15.9. The van der Waals surface area contributed by atoms with Gasteiger partial charge in [0.25, 0.3) is 5.91 Å². The molecule has 0 bridgehead atoms. The Morgan fingerprint density at radius 2 is 1.97 bits per heavy atom. The van der Waals surface area contributed by atoms with Gasteiger partial charge in [-0.3, -0.25) is 14.4 Å². The number of carbonyl (C=O) groups excluding carboxylic acids is 3. The van der Waals surface area contributed by atoms with Gasteiger partial charge in [-0.2, -0.15) is 0 Å². The summed E-state index contributed by atoms with van der Waals surface area (Å²) in [6.07, 6.45) is -0.226. The molecule has 8 nitrogen and oxygen atoms in total. The second-order valence-corrected chi connectivity index (χ2v) is 8.67. The van der Waals surface area contributed by atoms with Crippen molar-refractivity contribution in [1.82, 2.24) is 9.80 Å². The second kappa shape index (κ2) is 11.0. The number of amides is 2. The number of ether oxygens (including phenoxy) is 2. The highest BCUT2D eigenvalue weighted by Gasteiger charge is 2.39. The van der Waals surface area contributed by atoms with Crippen LogP contribution >= 0.6 is 22.9 Å². The average molecular weight is 476 g/mol. The second-order valence-electron chi connectivity index (χ2n) is 7.00. The summed E-state index contributed by atoms with van der Waals surface area (Å²) in [6, 6.07) is 9.33. The fourth-order valence-corrected chi connectivity index (χ4v) is 4.23. The Morgan fingerprint density at radius 3 is 2.59 bits per heavy atom. The summed E-state index contributed by atoms with van der Waals surface area (Å²) in [4.78, 5) is 44.5. The van der Waals surface area contributed by atoms with Gasteiger partial charge in [0, 0.05) is 19.6 Å². The Bertz CT molecular complexity index is 1020. The minimum atomic E-state index is -0.965. The SMILES string of the molecule is [C-]#[N+]c1ccc(CN2CCN(C(=O)COc3ccc(Cl)s3)C(CC(=O)OCC)C2=O)cc1. The van der Waals surface area contributed by atoms with Gasteiger partial charge >= 0.3 is 5.97 Å². The number of thiophene rings is 1. The molecule has 2 aromatic rings. The zero-order chi connectivity index (χ0) is 23.1. The molecule has 0 spiro atoms. The zero-order valence-electron chi connectivity index (χ0n) is 17.5. The molecular formula is C22H22ClN3O5S. The number of piperazine rings is 1. The van der Waals surface area contributed by atoms with E-state index in [0.717, 1.165) is 5.56 Å². The third-order valence-electron chi connectivity index (χ3n) is 4.89. The molecule has 1 fully saturated rings. The lowest BCUT2D eigenvalue weighted by molar-refractivity contribution is -0.158. The molecule has 168 valence electrons. The molecule has 32 heavy (non-hydrogen) atoms. The number of nitrogens with zero attached hydrogens (tertiary/aromatic N) is 3. The van der Waals surface area contributed by atoms with Crippen molar-refractivity contribution in [3.8, 4) is 5.06 Å². The van der Waals surface area contributed by atoms with Crippen molar-refractivity contribution in [3.05, 3.63) is 57.7 Å². The maximum Gasteiger partial charge on any atom is 0.308 e. The molecule has 0 aliphatic carbocycles. The monoisotopic (exact) mass is 475 g/mol. The molecule has 3 rings (SSSR count). The minimum Gasteiger partial charge on any atom is -0.474 e. The van der Waals surface area contributed by atoms with Crippen LogP contribution in [0.4, 0.5) is 5.69 Å². The van der Waals surface area contributed by atoms with E-state index in [1.54, 1.807) is 48.2 Å². The van der Waals surface area contributed by atoms with Crippen LogP contribution in [0.2, 0.25) is 4.34 Å². The fraction of sp³-hybridized carbons (Fsp3) is 0.364. The molecule has 1 atom stereocenters. The highest BCUT2D eigenvalue weighted by molar-refractivity contribution is 7.17. The molecule has 2 heterocycles. The van der Waals surface area contributed by atoms with Crippen molar-refractivity contribution < 1.29 is 23.9 Å². The minimum absolute atomic E-state index is 0.188. The molecule has 1 aliphatic heterocycles. The van der Waals surface area contributed by atoms with E-state index < -0.39 is 17.9 Å². The maximum absolute atomic E-state index is 13.2. The summed E-state index contributed by atoms with van der Waals surface area (Å²) in [7, 11) is 0. The number of rotatable bonds is 8. The van der Waals surface area contributed by atoms with Crippen molar-refractivity contribution in [1.29, 1.82) is 0 Å². The van der Waals surface area contributed by atoms with E-state index in [1.807, 2.05) is 0 Å². The van der Waals surface area contributed by atoms with Gasteiger partial charge in [-0.25, -0.2) is 4.85 Å². The molecule has 1 saturated heterocycles. The Hall–Kier alpha value is -3.09. The van der Waals surface area contributed by atoms with Gasteiger partial charge in [-0.05, 0) is 24.6 Å². The predicted octanol–water partition coefficient (Wildman–Crippen LogP) is 3.52. The Morgan fingerprint density at radius 1 is 1.22 bits per heavy atom. The van der Waals surface area contributed by atoms with E-state index in [2.05, 4.69) is 4.85 Å². The summed E-state index contributed by atoms with van der Waals surface area (Å²) < 4.78 is 11.1. The van der Waals surface area contributed by atoms with Crippen molar-refractivity contribution in [2.45, 2.75) is 25.9 Å². The summed E-state index contributed by atoms with van der Waals surface area (Å²) in [6.45, 7) is 9.56. The summed E-state index contributed by atoms with van der Waals surface area (Å²) in [5, 5.41) is 0.498. The molecule has 2 amide bonds. The lowest BCUT2D eigenvalue weighted by atomic mass is 10.1. The first-order valence-electron chi connectivity index (χ1n) is 9.99. The smallest absolute Gasteiger partial charge is 0.308 e. The van der Waals surface area contributed by atoms with Crippen molar-refractivity contribution in [2.75, 3.05) is 26.3 Å². The van der Waals surface area contributed by atoms with Gasteiger partial charge in [0.2, 0.25) is 5.91 Å². The molecule has 10 heteroatoms. The van der Waals surface area contributed by atoms with E-state index in [9.17, 15) is 14.4 Å². The number of hydrogen-bond donors (Lipinski definition) is 0. The molecule has 0 saturated carbocycles. The first kappa shape index (κ1) is 23.6. The van der Waals surface area contributed by atoms with Gasteiger partial charge < -0.3 is 19.3 Å². The van der Waals surface area contributed by atoms with E-state index in [0.29, 0.717) is 28.2 Å². The van der Waals surface area contributed by atoms with E-state index in [4.69, 9.17) is 27.6 Å². The highest BCUT2D eigenvalue weighted by Crippen LogP contribution is 2.28. The Kier molecular flexibility index (Phi) is 8.09. The van der Waals surface area contributed by atoms with Crippen LogP contribution in [0, 0.1) is 6.57 Å². The predicted molar refractivity (Wildman–Crippen MR) is 120 cm³/mol. The van der Waals surface area contributed by atoms with Gasteiger partial charge in [-0.1, -0.05) is 47.2 Å². The first-order chi connectivity index (χ1) is 15.4. The number of carbonyl (C=O) groups is 3. The quantitative estimate of drug-likeness (QED) is 0.431. The van der Waals surface area contributed by atoms with E-state index in [1.165, 1.54) is 16.2 Å². The zero-order valence-corrected chi connectivity index (χ0v) is 19.0. The first-order valence-corrected chi connectivity index (χ1v) is 11.2. The number of esters is 1. The third-order valence-corrected chi connectivity index (χ3v) is 6.04. The van der Waals surface area contributed by atoms with Gasteiger partial charge in [0.1, 0.15) is 6.04 Å². The van der Waals surface area contributed by atoms with Crippen LogP contribution in [0.15, 0.2) is 36.4 Å². The summed E-state index contributed by atoms with van der Waals surface area (Å²) in [5.74, 6) is -1.26. The van der Waals surface area contributed by atoms with Crippen LogP contribution in [0.25, 0.3) is 4.85 Å². The molecule has 1 aromatic carbocycles. The lowest BCUT2D eigenvalue weighted by Crippen LogP contribution is -2.59. The average Bonchev–Trinajstić information content (AvgIpc) is 3.20. The van der Waals surface area contributed by atoms with E-state index >= 15 is 0 Å². The van der Waals surface area contributed by atoms with Crippen molar-refractivity contribution >= 4 is 46.4 Å². The molecule has 1 aromatic heterocycles. The number of hydrogen-bond acceptors (Lipinski definition) is 6. The van der Waals surface area contributed by atoms with Crippen LogP contribution in [0.1, 0.15) is 18.9 Å². The van der Waals surface area contributed by atoms with Crippen LogP contribution < -0.4 is 4.74 Å². The van der Waals surface area contributed by atoms with Crippen LogP contribution in [0.3, 0.4) is 0 Å². The van der Waals surface area contributed by atoms with Crippen LogP contribution in [0.5, 0.6) is 5.06 Å². The molecule has 1 aliphatic rings. The van der Waals surface area contributed by atoms with Gasteiger partial charge in [0.05, 0.1) is 23.9 Å². The van der Waals surface area contributed by atoms with Crippen molar-refractivity contribution in [3.63, 3.8) is 0 Å². The summed E-state index contributed by atoms with van der Waals surface area (Å²) in [5.41, 5.74) is 1.38. The van der Waals surface area contributed by atoms with Gasteiger partial charge in [-0.15, -0.1) is 0 Å². The third kappa shape index (κ3) is 5.99. The molecular weight excluding hydrogens is 454 g/mol. The Balaban J connectivity index is 1.70. The molecule has 0 radical (unpaired) electrons. The Labute approximate surface area is 195 Å². The maximum atomic E-state index is 13.2. The molecule has 1 unspecified atom stereocenters. The largest absolute Gasteiger partial charge is 0.474 e. The van der Waals surface area contributed by atoms with Crippen molar-refractivity contribution in [2.24, 2.45) is 0 Å². The van der Waals surface area contributed by atoms with Crippen LogP contribution in [-0.2, 0) is 25.7 Å². The fourth-order valence-electron chi connectivity index (χ4n) is 3.36. The lowest BCUT2D eigenvalue weighted by Gasteiger charge is -2.40. The standard InChI is InChI=1S/C22H22ClN3O5S/c1-3-30-20(28)12-17-22(29)25(13-15-4-6-16(24-2)7-5-15)10-11-26(17)19(27)14-31-21-9-8-18(23)32-21/h4-9,17H,3,10-14H2,1H3. The van der Waals surface area contributed by atoms with E-state index in [-0.39, 0.29) is 32.1 Å². The highest BCUT2D eigenvalue weighted by atomic mass is 35.5. The molecule has 0 N–H and O–H groups in total. The van der Waals surface area contributed by atoms with Gasteiger partial charge in [0.15, 0.2) is 17.4 Å².